The van der Waals surface area contributed by atoms with Gasteiger partial charge in [-0.1, -0.05) is 19.1 Å². The molecule has 2 rings (SSSR count). The van der Waals surface area contributed by atoms with E-state index in [4.69, 9.17) is 0 Å². The Bertz CT molecular complexity index is 852. The molecule has 0 aliphatic carbocycles. The SMILES string of the molecule is CCCS(=O)(=O)NCCn1c(=O)c(=O)[nH]c2ccccc21. The molecule has 1 aromatic carbocycles. The molecule has 0 fully saturated rings. The average molecular weight is 311 g/mol. The molecule has 2 aromatic rings. The largest absolute Gasteiger partial charge is 0.316 e. The maximum absolute atomic E-state index is 11.9. The smallest absolute Gasteiger partial charge is 0.316 e. The van der Waals surface area contributed by atoms with Gasteiger partial charge >= 0.3 is 11.1 Å². The Labute approximate surface area is 121 Å². The zero-order valence-electron chi connectivity index (χ0n) is 11.6. The minimum Gasteiger partial charge on any atom is -0.316 e. The van der Waals surface area contributed by atoms with Gasteiger partial charge in [-0.15, -0.1) is 0 Å². The van der Waals surface area contributed by atoms with Crippen LogP contribution >= 0.6 is 0 Å². The standard InChI is InChI=1S/C13H17N3O4S/c1-2-9-21(19,20)14-7-8-16-11-6-4-3-5-10(11)15-12(17)13(16)18/h3-6,14H,2,7-9H2,1H3,(H,15,17). The van der Waals surface area contributed by atoms with Gasteiger partial charge in [-0.3, -0.25) is 9.59 Å². The molecule has 8 heteroatoms. The van der Waals surface area contributed by atoms with Crippen LogP contribution in [0, 0.1) is 0 Å². The summed E-state index contributed by atoms with van der Waals surface area (Å²) in [6.07, 6.45) is 0.517. The molecule has 0 radical (unpaired) electrons. The molecule has 0 aliphatic rings. The van der Waals surface area contributed by atoms with Crippen LogP contribution in [-0.2, 0) is 16.6 Å². The van der Waals surface area contributed by atoms with Gasteiger partial charge in [-0.05, 0) is 18.6 Å². The molecule has 0 saturated carbocycles. The Balaban J connectivity index is 2.29. The number of nitrogens with one attached hydrogen (secondary N) is 2. The molecule has 0 aliphatic heterocycles. The van der Waals surface area contributed by atoms with Crippen LogP contribution in [0.5, 0.6) is 0 Å². The molecule has 0 bridgehead atoms. The van der Waals surface area contributed by atoms with Crippen LogP contribution in [0.2, 0.25) is 0 Å². The lowest BCUT2D eigenvalue weighted by Crippen LogP contribution is -2.39. The zero-order chi connectivity index (χ0) is 15.5. The zero-order valence-corrected chi connectivity index (χ0v) is 12.4. The molecule has 21 heavy (non-hydrogen) atoms. The molecule has 0 amide bonds. The van der Waals surface area contributed by atoms with E-state index in [-0.39, 0.29) is 18.8 Å². The molecular formula is C13H17N3O4S. The van der Waals surface area contributed by atoms with Crippen molar-refractivity contribution in [1.29, 1.82) is 0 Å². The van der Waals surface area contributed by atoms with Crippen molar-refractivity contribution in [3.05, 3.63) is 45.0 Å². The lowest BCUT2D eigenvalue weighted by atomic mass is 10.3. The van der Waals surface area contributed by atoms with Gasteiger partial charge in [0.2, 0.25) is 10.0 Å². The maximum Gasteiger partial charge on any atom is 0.316 e. The summed E-state index contributed by atoms with van der Waals surface area (Å²) in [4.78, 5) is 26.0. The Morgan fingerprint density at radius 1 is 1.24 bits per heavy atom. The summed E-state index contributed by atoms with van der Waals surface area (Å²) < 4.78 is 26.8. The van der Waals surface area contributed by atoms with Gasteiger partial charge in [0, 0.05) is 13.1 Å². The summed E-state index contributed by atoms with van der Waals surface area (Å²) in [6.45, 7) is 1.94. The second-order valence-electron chi connectivity index (χ2n) is 4.64. The molecule has 2 N–H and O–H groups in total. The van der Waals surface area contributed by atoms with E-state index in [0.717, 1.165) is 0 Å². The highest BCUT2D eigenvalue weighted by Gasteiger charge is 2.10. The van der Waals surface area contributed by atoms with Crippen LogP contribution in [0.15, 0.2) is 33.9 Å². The number of hydrogen-bond donors (Lipinski definition) is 2. The van der Waals surface area contributed by atoms with Crippen LogP contribution < -0.4 is 15.8 Å². The van der Waals surface area contributed by atoms with E-state index in [9.17, 15) is 18.0 Å². The Morgan fingerprint density at radius 2 is 1.95 bits per heavy atom. The predicted octanol–water partition coefficient (Wildman–Crippen LogP) is 0.0192. The molecular weight excluding hydrogens is 294 g/mol. The number of aromatic nitrogens is 2. The summed E-state index contributed by atoms with van der Waals surface area (Å²) in [5.41, 5.74) is -0.302. The summed E-state index contributed by atoms with van der Waals surface area (Å²) in [7, 11) is -3.33. The molecule has 0 saturated heterocycles. The van der Waals surface area contributed by atoms with Gasteiger partial charge in [-0.2, -0.15) is 0 Å². The molecule has 0 unspecified atom stereocenters. The number of para-hydroxylation sites is 2. The third-order valence-electron chi connectivity index (χ3n) is 3.01. The first-order chi connectivity index (χ1) is 9.94. The van der Waals surface area contributed by atoms with Crippen molar-refractivity contribution in [3.8, 4) is 0 Å². The third kappa shape index (κ3) is 3.59. The number of sulfonamides is 1. The van der Waals surface area contributed by atoms with E-state index < -0.39 is 21.1 Å². The van der Waals surface area contributed by atoms with Crippen LogP contribution in [0.1, 0.15) is 13.3 Å². The summed E-state index contributed by atoms with van der Waals surface area (Å²) in [5.74, 6) is 0.0397. The number of benzene rings is 1. The molecule has 0 atom stereocenters. The highest BCUT2D eigenvalue weighted by atomic mass is 32.2. The molecule has 1 aromatic heterocycles. The number of H-pyrrole nitrogens is 1. The Hall–Kier alpha value is -1.93. The van der Waals surface area contributed by atoms with Gasteiger partial charge < -0.3 is 9.55 Å². The number of aromatic amines is 1. The lowest BCUT2D eigenvalue weighted by molar-refractivity contribution is 0.571. The van der Waals surface area contributed by atoms with E-state index in [2.05, 4.69) is 9.71 Å². The van der Waals surface area contributed by atoms with Crippen molar-refractivity contribution in [2.45, 2.75) is 19.9 Å². The minimum absolute atomic E-state index is 0.0397. The van der Waals surface area contributed by atoms with Crippen molar-refractivity contribution in [2.75, 3.05) is 12.3 Å². The van der Waals surface area contributed by atoms with Gasteiger partial charge in [0.1, 0.15) is 0 Å². The van der Waals surface area contributed by atoms with Crippen LogP contribution in [0.4, 0.5) is 0 Å². The van der Waals surface area contributed by atoms with Crippen LogP contribution in [0.3, 0.4) is 0 Å². The molecule has 1 heterocycles. The predicted molar refractivity (Wildman–Crippen MR) is 80.9 cm³/mol. The first-order valence-corrected chi connectivity index (χ1v) is 8.29. The summed E-state index contributed by atoms with van der Waals surface area (Å²) in [6, 6.07) is 6.88. The van der Waals surface area contributed by atoms with Crippen LogP contribution in [0.25, 0.3) is 11.0 Å². The highest BCUT2D eigenvalue weighted by molar-refractivity contribution is 7.89. The monoisotopic (exact) mass is 311 g/mol. The lowest BCUT2D eigenvalue weighted by Gasteiger charge is -2.10. The van der Waals surface area contributed by atoms with Crippen molar-refractivity contribution >= 4 is 21.1 Å². The molecule has 0 spiro atoms. The quantitative estimate of drug-likeness (QED) is 0.734. The Kier molecular flexibility index (Phi) is 4.59. The molecule has 114 valence electrons. The fraction of sp³-hybridized carbons (Fsp3) is 0.385. The van der Waals surface area contributed by atoms with Crippen molar-refractivity contribution in [3.63, 3.8) is 0 Å². The van der Waals surface area contributed by atoms with E-state index in [0.29, 0.717) is 17.5 Å². The van der Waals surface area contributed by atoms with E-state index in [1.54, 1.807) is 31.2 Å². The second-order valence-corrected chi connectivity index (χ2v) is 6.57. The second kappa shape index (κ2) is 6.23. The van der Waals surface area contributed by atoms with Crippen molar-refractivity contribution < 1.29 is 8.42 Å². The van der Waals surface area contributed by atoms with Gasteiger partial charge in [-0.25, -0.2) is 13.1 Å². The van der Waals surface area contributed by atoms with Gasteiger partial charge in [0.25, 0.3) is 0 Å². The van der Waals surface area contributed by atoms with E-state index in [1.807, 2.05) is 0 Å². The van der Waals surface area contributed by atoms with Crippen molar-refractivity contribution in [2.24, 2.45) is 0 Å². The van der Waals surface area contributed by atoms with E-state index >= 15 is 0 Å². The average Bonchev–Trinajstić information content (AvgIpc) is 2.43. The number of fused-ring (bicyclic) bond motifs is 1. The fourth-order valence-electron chi connectivity index (χ4n) is 2.10. The number of nitrogens with zero attached hydrogens (tertiary/aromatic N) is 1. The minimum atomic E-state index is -3.33. The van der Waals surface area contributed by atoms with E-state index in [1.165, 1.54) is 4.57 Å². The molecule has 7 nitrogen and oxygen atoms in total. The summed E-state index contributed by atoms with van der Waals surface area (Å²) >= 11 is 0. The fourth-order valence-corrected chi connectivity index (χ4v) is 3.18. The number of rotatable bonds is 6. The first-order valence-electron chi connectivity index (χ1n) is 6.64. The van der Waals surface area contributed by atoms with Gasteiger partial charge in [0.15, 0.2) is 0 Å². The number of hydrogen-bond acceptors (Lipinski definition) is 4. The maximum atomic E-state index is 11.9. The van der Waals surface area contributed by atoms with Crippen molar-refractivity contribution in [1.82, 2.24) is 14.3 Å². The Morgan fingerprint density at radius 3 is 2.67 bits per heavy atom. The van der Waals surface area contributed by atoms with Gasteiger partial charge in [0.05, 0.1) is 16.8 Å². The normalized spacial score (nSPS) is 11.9. The van der Waals surface area contributed by atoms with Crippen LogP contribution in [-0.4, -0.2) is 30.3 Å². The first kappa shape index (κ1) is 15.5. The topological polar surface area (TPSA) is 101 Å². The highest BCUT2D eigenvalue weighted by Crippen LogP contribution is 2.06. The third-order valence-corrected chi connectivity index (χ3v) is 4.60. The summed E-state index contributed by atoms with van der Waals surface area (Å²) in [5, 5.41) is 0.